The molecule has 1 heterocycles. The van der Waals surface area contributed by atoms with Crippen LogP contribution in [0, 0.1) is 0 Å². The molecule has 6 heteroatoms. The van der Waals surface area contributed by atoms with Crippen LogP contribution in [0.4, 0.5) is 0 Å². The largest absolute Gasteiger partial charge is 0.253 e. The Morgan fingerprint density at radius 2 is 1.94 bits per heavy atom. The molecule has 18 heavy (non-hydrogen) atoms. The van der Waals surface area contributed by atoms with Crippen molar-refractivity contribution in [1.29, 1.82) is 0 Å². The van der Waals surface area contributed by atoms with Crippen LogP contribution in [0.25, 0.3) is 0 Å². The molecule has 0 amide bonds. The zero-order chi connectivity index (χ0) is 14.0. The highest BCUT2D eigenvalue weighted by Crippen LogP contribution is 2.17. The molecule has 0 atom stereocenters. The second-order valence-corrected chi connectivity index (χ2v) is 8.53. The lowest BCUT2D eigenvalue weighted by molar-refractivity contribution is 0.519. The van der Waals surface area contributed by atoms with Gasteiger partial charge in [-0.15, -0.1) is 0 Å². The summed E-state index contributed by atoms with van der Waals surface area (Å²) in [5.74, 6) is 0.990. The van der Waals surface area contributed by atoms with E-state index in [4.69, 9.17) is 0 Å². The predicted octanol–water partition coefficient (Wildman–Crippen LogP) is 1.79. The summed E-state index contributed by atoms with van der Waals surface area (Å²) >= 11 is 0. The van der Waals surface area contributed by atoms with Crippen LogP contribution in [0.5, 0.6) is 0 Å². The number of aryl methyl sites for hydroxylation is 1. The SMILES string of the molecule is CC(C)S(=O)(=O)CCCn1cnc(C(C)(C)C)n1. The van der Waals surface area contributed by atoms with Gasteiger partial charge >= 0.3 is 0 Å². The molecular formula is C12H23N3O2S. The van der Waals surface area contributed by atoms with Crippen LogP contribution in [0.3, 0.4) is 0 Å². The number of aromatic nitrogens is 3. The first-order chi connectivity index (χ1) is 8.13. The molecule has 0 unspecified atom stereocenters. The van der Waals surface area contributed by atoms with Crippen molar-refractivity contribution in [2.75, 3.05) is 5.75 Å². The van der Waals surface area contributed by atoms with Gasteiger partial charge in [-0.3, -0.25) is 4.68 Å². The molecule has 0 saturated heterocycles. The maximum Gasteiger partial charge on any atom is 0.155 e. The van der Waals surface area contributed by atoms with Gasteiger partial charge in [0.2, 0.25) is 0 Å². The lowest BCUT2D eigenvalue weighted by Gasteiger charge is -2.12. The van der Waals surface area contributed by atoms with Crippen molar-refractivity contribution in [1.82, 2.24) is 14.8 Å². The summed E-state index contributed by atoms with van der Waals surface area (Å²) in [7, 11) is -2.95. The average molecular weight is 273 g/mol. The summed E-state index contributed by atoms with van der Waals surface area (Å²) in [5, 5.41) is 4.05. The van der Waals surface area contributed by atoms with Crippen LogP contribution in [-0.2, 0) is 21.8 Å². The van der Waals surface area contributed by atoms with Crippen LogP contribution in [-0.4, -0.2) is 34.2 Å². The second kappa shape index (κ2) is 5.38. The zero-order valence-corrected chi connectivity index (χ0v) is 12.7. The fourth-order valence-electron chi connectivity index (χ4n) is 1.41. The first-order valence-electron chi connectivity index (χ1n) is 6.24. The number of sulfone groups is 1. The normalized spacial score (nSPS) is 13.2. The van der Waals surface area contributed by atoms with Gasteiger partial charge in [0.1, 0.15) is 6.33 Å². The molecule has 0 N–H and O–H groups in total. The Morgan fingerprint density at radius 3 is 2.39 bits per heavy atom. The van der Waals surface area contributed by atoms with E-state index >= 15 is 0 Å². The van der Waals surface area contributed by atoms with Crippen LogP contribution in [0.1, 0.15) is 46.9 Å². The van der Waals surface area contributed by atoms with Crippen molar-refractivity contribution in [3.63, 3.8) is 0 Å². The van der Waals surface area contributed by atoms with Gasteiger partial charge in [0.15, 0.2) is 15.7 Å². The molecule has 1 aromatic rings. The molecular weight excluding hydrogens is 250 g/mol. The molecule has 0 aliphatic carbocycles. The van der Waals surface area contributed by atoms with Gasteiger partial charge in [-0.25, -0.2) is 13.4 Å². The van der Waals surface area contributed by atoms with Crippen LogP contribution < -0.4 is 0 Å². The molecule has 0 aliphatic heterocycles. The Morgan fingerprint density at radius 1 is 1.33 bits per heavy atom. The topological polar surface area (TPSA) is 64.8 Å². The highest BCUT2D eigenvalue weighted by atomic mass is 32.2. The van der Waals surface area contributed by atoms with E-state index in [1.807, 2.05) is 0 Å². The average Bonchev–Trinajstić information content (AvgIpc) is 2.65. The molecule has 0 bridgehead atoms. The molecule has 0 aromatic carbocycles. The minimum atomic E-state index is -2.95. The van der Waals surface area contributed by atoms with Gasteiger partial charge in [-0.05, 0) is 20.3 Å². The van der Waals surface area contributed by atoms with Gasteiger partial charge in [-0.1, -0.05) is 20.8 Å². The molecule has 5 nitrogen and oxygen atoms in total. The number of rotatable bonds is 5. The van der Waals surface area contributed by atoms with E-state index in [1.54, 1.807) is 24.9 Å². The van der Waals surface area contributed by atoms with Gasteiger partial charge in [0.25, 0.3) is 0 Å². The number of hydrogen-bond donors (Lipinski definition) is 0. The smallest absolute Gasteiger partial charge is 0.155 e. The summed E-state index contributed by atoms with van der Waals surface area (Å²) < 4.78 is 25.0. The Hall–Kier alpha value is -0.910. The number of hydrogen-bond acceptors (Lipinski definition) is 4. The summed E-state index contributed by atoms with van der Waals surface area (Å²) in [6.07, 6.45) is 2.25. The monoisotopic (exact) mass is 273 g/mol. The van der Waals surface area contributed by atoms with E-state index < -0.39 is 9.84 Å². The van der Waals surface area contributed by atoms with Crippen molar-refractivity contribution in [2.24, 2.45) is 0 Å². The van der Waals surface area contributed by atoms with E-state index in [-0.39, 0.29) is 16.4 Å². The summed E-state index contributed by atoms with van der Waals surface area (Å²) in [5.41, 5.74) is -0.0741. The maximum absolute atomic E-state index is 11.6. The molecule has 104 valence electrons. The molecule has 0 saturated carbocycles. The minimum Gasteiger partial charge on any atom is -0.253 e. The second-order valence-electron chi connectivity index (χ2n) is 5.85. The highest BCUT2D eigenvalue weighted by molar-refractivity contribution is 7.91. The molecule has 0 aliphatic rings. The Kier molecular flexibility index (Phi) is 4.53. The maximum atomic E-state index is 11.6. The summed E-state index contributed by atoms with van der Waals surface area (Å²) in [6.45, 7) is 10.2. The molecule has 0 spiro atoms. The third-order valence-corrected chi connectivity index (χ3v) is 5.04. The van der Waals surface area contributed by atoms with E-state index in [0.717, 1.165) is 5.82 Å². The van der Waals surface area contributed by atoms with Gasteiger partial charge in [-0.2, -0.15) is 5.10 Å². The van der Waals surface area contributed by atoms with Crippen molar-refractivity contribution in [3.8, 4) is 0 Å². The van der Waals surface area contributed by atoms with Gasteiger partial charge in [0, 0.05) is 12.0 Å². The third-order valence-electron chi connectivity index (χ3n) is 2.74. The third kappa shape index (κ3) is 4.08. The summed E-state index contributed by atoms with van der Waals surface area (Å²) in [6, 6.07) is 0. The van der Waals surface area contributed by atoms with Crippen LogP contribution in [0.15, 0.2) is 6.33 Å². The Balaban J connectivity index is 2.53. The van der Waals surface area contributed by atoms with Gasteiger partial charge < -0.3 is 0 Å². The predicted molar refractivity (Wildman–Crippen MR) is 72.3 cm³/mol. The molecule has 0 radical (unpaired) electrons. The standard InChI is InChI=1S/C12H23N3O2S/c1-10(2)18(16,17)8-6-7-15-9-13-11(14-15)12(3,4)5/h9-10H,6-8H2,1-5H3. The number of nitrogens with zero attached hydrogens (tertiary/aromatic N) is 3. The highest BCUT2D eigenvalue weighted by Gasteiger charge is 2.19. The Bertz CT molecular complexity index is 484. The minimum absolute atomic E-state index is 0.0741. The quantitative estimate of drug-likeness (QED) is 0.820. The molecule has 0 fully saturated rings. The van der Waals surface area contributed by atoms with Crippen molar-refractivity contribution in [3.05, 3.63) is 12.2 Å². The van der Waals surface area contributed by atoms with Crippen molar-refractivity contribution >= 4 is 9.84 Å². The fraction of sp³-hybridized carbons (Fsp3) is 0.833. The molecule has 1 rings (SSSR count). The summed E-state index contributed by atoms with van der Waals surface area (Å²) in [4.78, 5) is 4.24. The van der Waals surface area contributed by atoms with Gasteiger partial charge in [0.05, 0.1) is 11.0 Å². The van der Waals surface area contributed by atoms with Crippen molar-refractivity contribution in [2.45, 2.75) is 58.2 Å². The van der Waals surface area contributed by atoms with E-state index in [1.165, 1.54) is 0 Å². The van der Waals surface area contributed by atoms with E-state index in [0.29, 0.717) is 13.0 Å². The van der Waals surface area contributed by atoms with Crippen LogP contribution in [0.2, 0.25) is 0 Å². The van der Waals surface area contributed by atoms with E-state index in [9.17, 15) is 8.42 Å². The lowest BCUT2D eigenvalue weighted by Crippen LogP contribution is -2.19. The Labute approximate surface area is 110 Å². The zero-order valence-electron chi connectivity index (χ0n) is 11.8. The first kappa shape index (κ1) is 15.1. The lowest BCUT2D eigenvalue weighted by atomic mass is 9.96. The van der Waals surface area contributed by atoms with Crippen molar-refractivity contribution < 1.29 is 8.42 Å². The van der Waals surface area contributed by atoms with Crippen LogP contribution >= 0.6 is 0 Å². The van der Waals surface area contributed by atoms with E-state index in [2.05, 4.69) is 30.9 Å². The first-order valence-corrected chi connectivity index (χ1v) is 7.96. The molecule has 1 aromatic heterocycles. The fourth-order valence-corrected chi connectivity index (χ4v) is 2.41.